The molecule has 1 aliphatic heterocycles. The predicted octanol–water partition coefficient (Wildman–Crippen LogP) is 8.43. The molecule has 0 radical (unpaired) electrons. The number of phenolic OH excluding ortho intramolecular Hbond substituents is 3. The highest BCUT2D eigenvalue weighted by Gasteiger charge is 2.30. The van der Waals surface area contributed by atoms with Crippen LogP contribution in [-0.2, 0) is 12.8 Å². The van der Waals surface area contributed by atoms with Crippen LogP contribution in [0.25, 0.3) is 17.2 Å². The van der Waals surface area contributed by atoms with Gasteiger partial charge in [0.25, 0.3) is 0 Å². The molecule has 0 atom stereocenters. The molecule has 190 valence electrons. The van der Waals surface area contributed by atoms with Gasteiger partial charge >= 0.3 is 0 Å². The summed E-state index contributed by atoms with van der Waals surface area (Å²) in [5.74, 6) is 0.850. The Kier molecular flexibility index (Phi) is 8.30. The topological polar surface area (TPSA) is 69.9 Å². The minimum absolute atomic E-state index is 0.0690. The third kappa shape index (κ3) is 6.34. The Labute approximate surface area is 210 Å². The first-order valence-electron chi connectivity index (χ1n) is 13.7. The van der Waals surface area contributed by atoms with Crippen molar-refractivity contribution in [2.24, 2.45) is 0 Å². The first-order valence-corrected chi connectivity index (χ1v) is 13.7. The van der Waals surface area contributed by atoms with Crippen molar-refractivity contribution in [1.82, 2.24) is 0 Å². The summed E-state index contributed by atoms with van der Waals surface area (Å²) in [6.07, 6.45) is 20.1. The van der Waals surface area contributed by atoms with Gasteiger partial charge in [-0.25, -0.2) is 0 Å². The number of aromatic hydroxyl groups is 3. The number of phenols is 3. The molecule has 4 heteroatoms. The number of hydrogen-bond donors (Lipinski definition) is 3. The molecule has 35 heavy (non-hydrogen) atoms. The molecule has 0 saturated heterocycles. The van der Waals surface area contributed by atoms with E-state index in [1.54, 1.807) is 18.2 Å². The molecular weight excluding hydrogens is 436 g/mol. The van der Waals surface area contributed by atoms with Gasteiger partial charge in [-0.3, -0.25) is 0 Å². The van der Waals surface area contributed by atoms with Crippen LogP contribution in [0.2, 0.25) is 0 Å². The van der Waals surface area contributed by atoms with E-state index in [-0.39, 0.29) is 17.2 Å². The van der Waals surface area contributed by atoms with E-state index < -0.39 is 5.60 Å². The lowest BCUT2D eigenvalue weighted by Crippen LogP contribution is -2.28. The van der Waals surface area contributed by atoms with Crippen LogP contribution in [0.4, 0.5) is 0 Å². The molecule has 2 aromatic rings. The minimum Gasteiger partial charge on any atom is -0.507 e. The number of aryl methyl sites for hydroxylation is 2. The molecule has 4 nitrogen and oxygen atoms in total. The van der Waals surface area contributed by atoms with Crippen molar-refractivity contribution in [3.05, 3.63) is 41.0 Å². The first-order chi connectivity index (χ1) is 16.9. The standard InChI is InChI=1S/C31H42O4/c1-31(2)18-17-24-25(32)21-23-16-14-12-10-8-6-4-3-5-7-9-11-13-15-22-19-26(33)29(27(34)20-22)28(23)30(24)35-31/h17-21,32-34H,3-16H2,1-2H3. The first kappa shape index (κ1) is 25.5. The zero-order valence-corrected chi connectivity index (χ0v) is 21.5. The average Bonchev–Trinajstić information content (AvgIpc) is 2.79. The smallest absolute Gasteiger partial charge is 0.139 e. The molecule has 0 amide bonds. The van der Waals surface area contributed by atoms with E-state index in [1.807, 2.05) is 26.0 Å². The molecule has 1 heterocycles. The molecule has 2 bridgehead atoms. The Morgan fingerprint density at radius 2 is 1.14 bits per heavy atom. The minimum atomic E-state index is -0.553. The second kappa shape index (κ2) is 11.4. The van der Waals surface area contributed by atoms with Crippen LogP contribution in [0.15, 0.2) is 24.3 Å². The second-order valence-electron chi connectivity index (χ2n) is 11.0. The molecule has 3 aliphatic rings. The summed E-state index contributed by atoms with van der Waals surface area (Å²) in [6, 6.07) is 5.37. The number of hydrogen-bond acceptors (Lipinski definition) is 4. The Morgan fingerprint density at radius 3 is 1.71 bits per heavy atom. The van der Waals surface area contributed by atoms with Crippen molar-refractivity contribution >= 4 is 6.08 Å². The van der Waals surface area contributed by atoms with E-state index in [1.165, 1.54) is 57.8 Å². The fourth-order valence-corrected chi connectivity index (χ4v) is 5.51. The van der Waals surface area contributed by atoms with Gasteiger partial charge in [0.2, 0.25) is 0 Å². The lowest BCUT2D eigenvalue weighted by molar-refractivity contribution is 0.159. The van der Waals surface area contributed by atoms with Crippen LogP contribution in [0.3, 0.4) is 0 Å². The Hall–Kier alpha value is -2.62. The van der Waals surface area contributed by atoms with Crippen LogP contribution in [0, 0.1) is 0 Å². The summed E-state index contributed by atoms with van der Waals surface area (Å²) in [5, 5.41) is 33.1. The lowest BCUT2D eigenvalue weighted by Gasteiger charge is -2.31. The second-order valence-corrected chi connectivity index (χ2v) is 11.0. The molecule has 0 saturated carbocycles. The Balaban J connectivity index is 1.74. The van der Waals surface area contributed by atoms with Gasteiger partial charge in [-0.1, -0.05) is 64.2 Å². The van der Waals surface area contributed by atoms with Gasteiger partial charge in [0.05, 0.1) is 11.1 Å². The molecule has 0 unspecified atom stereocenters. The maximum Gasteiger partial charge on any atom is 0.139 e. The largest absolute Gasteiger partial charge is 0.507 e. The summed E-state index contributed by atoms with van der Waals surface area (Å²) in [5.41, 5.74) is 3.00. The average molecular weight is 479 g/mol. The van der Waals surface area contributed by atoms with Gasteiger partial charge < -0.3 is 20.1 Å². The molecule has 3 N–H and O–H groups in total. The van der Waals surface area contributed by atoms with Crippen molar-refractivity contribution in [3.63, 3.8) is 0 Å². The van der Waals surface area contributed by atoms with E-state index in [2.05, 4.69) is 0 Å². The van der Waals surface area contributed by atoms with Crippen LogP contribution in [0.1, 0.15) is 108 Å². The van der Waals surface area contributed by atoms with Crippen LogP contribution >= 0.6 is 0 Å². The number of fused-ring (bicyclic) bond motifs is 16. The molecule has 0 spiro atoms. The Morgan fingerprint density at radius 1 is 0.629 bits per heavy atom. The van der Waals surface area contributed by atoms with Crippen LogP contribution in [0.5, 0.6) is 23.0 Å². The molecule has 0 fully saturated rings. The fraction of sp³-hybridized carbons (Fsp3) is 0.548. The maximum atomic E-state index is 11.1. The van der Waals surface area contributed by atoms with Crippen molar-refractivity contribution in [3.8, 4) is 34.1 Å². The summed E-state index contributed by atoms with van der Waals surface area (Å²) < 4.78 is 6.36. The summed E-state index contributed by atoms with van der Waals surface area (Å²) >= 11 is 0. The number of ether oxygens (including phenoxy) is 1. The molecule has 2 aromatic carbocycles. The van der Waals surface area contributed by atoms with Crippen LogP contribution < -0.4 is 4.74 Å². The summed E-state index contributed by atoms with van der Waals surface area (Å²) in [4.78, 5) is 0. The van der Waals surface area contributed by atoms with E-state index in [9.17, 15) is 15.3 Å². The van der Waals surface area contributed by atoms with Crippen LogP contribution in [-0.4, -0.2) is 20.9 Å². The maximum absolute atomic E-state index is 11.1. The molecule has 2 aliphatic carbocycles. The van der Waals surface area contributed by atoms with Crippen molar-refractivity contribution in [2.45, 2.75) is 109 Å². The lowest BCUT2D eigenvalue weighted by atomic mass is 9.88. The van der Waals surface area contributed by atoms with Crippen molar-refractivity contribution in [2.75, 3.05) is 0 Å². The quantitative estimate of drug-likeness (QED) is 0.355. The third-order valence-corrected chi connectivity index (χ3v) is 7.46. The van der Waals surface area contributed by atoms with E-state index in [0.29, 0.717) is 22.4 Å². The zero-order valence-electron chi connectivity index (χ0n) is 21.5. The zero-order chi connectivity index (χ0) is 24.8. The van der Waals surface area contributed by atoms with E-state index >= 15 is 0 Å². The van der Waals surface area contributed by atoms with Gasteiger partial charge in [-0.15, -0.1) is 0 Å². The fourth-order valence-electron chi connectivity index (χ4n) is 5.51. The van der Waals surface area contributed by atoms with Gasteiger partial charge in [0.15, 0.2) is 0 Å². The van der Waals surface area contributed by atoms with Gasteiger partial charge in [0, 0.05) is 5.56 Å². The monoisotopic (exact) mass is 478 g/mol. The molecular formula is C31H42O4. The summed E-state index contributed by atoms with van der Waals surface area (Å²) in [6.45, 7) is 3.94. The summed E-state index contributed by atoms with van der Waals surface area (Å²) in [7, 11) is 0. The number of rotatable bonds is 0. The van der Waals surface area contributed by atoms with Gasteiger partial charge in [-0.2, -0.15) is 0 Å². The highest BCUT2D eigenvalue weighted by atomic mass is 16.5. The predicted molar refractivity (Wildman–Crippen MR) is 143 cm³/mol. The van der Waals surface area contributed by atoms with Crippen molar-refractivity contribution < 1.29 is 20.1 Å². The Bertz CT molecular complexity index is 1030. The highest BCUT2D eigenvalue weighted by molar-refractivity contribution is 5.88. The SMILES string of the molecule is CC1(C)C=Cc2c(O)cc3c(c2O1)-c1c(O)cc(cc1O)CCCCCCCCCCCCCC3. The highest BCUT2D eigenvalue weighted by Crippen LogP contribution is 2.51. The molecule has 0 aromatic heterocycles. The third-order valence-electron chi connectivity index (χ3n) is 7.46. The van der Waals surface area contributed by atoms with Gasteiger partial charge in [-0.05, 0) is 81.0 Å². The number of benzene rings is 2. The normalized spacial score (nSPS) is 19.4. The van der Waals surface area contributed by atoms with E-state index in [0.717, 1.165) is 43.2 Å². The van der Waals surface area contributed by atoms with E-state index in [4.69, 9.17) is 4.74 Å². The molecule has 5 rings (SSSR count). The van der Waals surface area contributed by atoms with Gasteiger partial charge in [0.1, 0.15) is 28.6 Å². The van der Waals surface area contributed by atoms with Crippen molar-refractivity contribution in [1.29, 1.82) is 0 Å².